The molecule has 1 fully saturated rings. The summed E-state index contributed by atoms with van der Waals surface area (Å²) in [6.07, 6.45) is -0.0357. The molecule has 1 aliphatic heterocycles. The topological polar surface area (TPSA) is 61.0 Å². The van der Waals surface area contributed by atoms with Crippen molar-refractivity contribution in [1.82, 2.24) is 10.6 Å². The average Bonchev–Trinajstić information content (AvgIpc) is 2.62. The molecule has 0 saturated carbocycles. The molecule has 2 rings (SSSR count). The molecular weight excluding hydrogens is 308 g/mol. The van der Waals surface area contributed by atoms with Crippen molar-refractivity contribution in [3.8, 4) is 0 Å². The number of nitrogens with one attached hydrogen (secondary N) is 2. The number of benzene rings is 1. The summed E-state index contributed by atoms with van der Waals surface area (Å²) in [7, 11) is 0. The Morgan fingerprint density at radius 2 is 1.25 bits per heavy atom. The summed E-state index contributed by atoms with van der Waals surface area (Å²) >= 11 is 0. The molecule has 0 radical (unpaired) electrons. The first kappa shape index (κ1) is 19.3. The van der Waals surface area contributed by atoms with Gasteiger partial charge in [0.05, 0.1) is 46.2 Å². The lowest BCUT2D eigenvalue weighted by molar-refractivity contribution is -0.0172. The van der Waals surface area contributed by atoms with Gasteiger partial charge in [-0.15, -0.1) is 0 Å². The molecule has 136 valence electrons. The van der Waals surface area contributed by atoms with Crippen LogP contribution in [0.25, 0.3) is 0 Å². The quantitative estimate of drug-likeness (QED) is 0.796. The van der Waals surface area contributed by atoms with Gasteiger partial charge in [-0.05, 0) is 5.56 Å². The van der Waals surface area contributed by atoms with E-state index in [-0.39, 0.29) is 6.10 Å². The maximum absolute atomic E-state index is 6.00. The molecule has 1 unspecified atom stereocenters. The smallest absolute Gasteiger partial charge is 0.106 e. The molecule has 1 heterocycles. The van der Waals surface area contributed by atoms with Crippen LogP contribution < -0.4 is 10.6 Å². The summed E-state index contributed by atoms with van der Waals surface area (Å²) in [6, 6.07) is 10.2. The minimum absolute atomic E-state index is 0.0357. The first-order valence-electron chi connectivity index (χ1n) is 8.78. The fraction of sp³-hybridized carbons (Fsp3) is 0.667. The van der Waals surface area contributed by atoms with Gasteiger partial charge in [-0.3, -0.25) is 0 Å². The largest absolute Gasteiger partial charge is 0.378 e. The number of ether oxygens (including phenoxy) is 4. The molecular formula is C18H30N2O4. The Bertz CT molecular complexity index is 387. The van der Waals surface area contributed by atoms with E-state index in [1.165, 1.54) is 0 Å². The van der Waals surface area contributed by atoms with Gasteiger partial charge in [-0.1, -0.05) is 30.3 Å². The lowest BCUT2D eigenvalue weighted by Crippen LogP contribution is -2.28. The summed E-state index contributed by atoms with van der Waals surface area (Å²) in [4.78, 5) is 0. The van der Waals surface area contributed by atoms with Crippen molar-refractivity contribution in [1.29, 1.82) is 0 Å². The monoisotopic (exact) mass is 338 g/mol. The van der Waals surface area contributed by atoms with Gasteiger partial charge in [0.1, 0.15) is 6.10 Å². The third-order valence-corrected chi connectivity index (χ3v) is 3.68. The molecule has 2 N–H and O–H groups in total. The van der Waals surface area contributed by atoms with Gasteiger partial charge >= 0.3 is 0 Å². The molecule has 0 spiro atoms. The molecule has 0 aliphatic carbocycles. The standard InChI is InChI=1S/C18H30N2O4/c1-2-4-17(5-3-1)18-16-23-12-8-19-6-10-21-14-15-22-11-7-20-9-13-24-18/h1-5,18-20H,6-16H2. The zero-order valence-electron chi connectivity index (χ0n) is 14.4. The Kier molecular flexibility index (Phi) is 10.7. The van der Waals surface area contributed by atoms with Crippen molar-refractivity contribution in [2.45, 2.75) is 6.10 Å². The average molecular weight is 338 g/mol. The van der Waals surface area contributed by atoms with Crippen molar-refractivity contribution < 1.29 is 18.9 Å². The van der Waals surface area contributed by atoms with E-state index in [4.69, 9.17) is 18.9 Å². The van der Waals surface area contributed by atoms with Gasteiger partial charge in [0, 0.05) is 26.2 Å². The van der Waals surface area contributed by atoms with Crippen LogP contribution in [0.4, 0.5) is 0 Å². The van der Waals surface area contributed by atoms with E-state index in [1.54, 1.807) is 0 Å². The number of hydrogen-bond donors (Lipinski definition) is 2. The van der Waals surface area contributed by atoms with Crippen LogP contribution in [0.3, 0.4) is 0 Å². The predicted octanol–water partition coefficient (Wildman–Crippen LogP) is 0.987. The maximum Gasteiger partial charge on any atom is 0.106 e. The van der Waals surface area contributed by atoms with Crippen LogP contribution >= 0.6 is 0 Å². The van der Waals surface area contributed by atoms with Gasteiger partial charge in [0.15, 0.2) is 0 Å². The third-order valence-electron chi connectivity index (χ3n) is 3.68. The zero-order valence-corrected chi connectivity index (χ0v) is 14.4. The fourth-order valence-electron chi connectivity index (χ4n) is 2.38. The Balaban J connectivity index is 1.77. The second kappa shape index (κ2) is 13.3. The highest BCUT2D eigenvalue weighted by Gasteiger charge is 2.12. The van der Waals surface area contributed by atoms with E-state index < -0.39 is 0 Å². The van der Waals surface area contributed by atoms with E-state index in [2.05, 4.69) is 22.8 Å². The van der Waals surface area contributed by atoms with Crippen molar-refractivity contribution in [3.05, 3.63) is 35.9 Å². The van der Waals surface area contributed by atoms with E-state index >= 15 is 0 Å². The molecule has 0 bridgehead atoms. The number of rotatable bonds is 1. The second-order valence-electron chi connectivity index (χ2n) is 5.57. The maximum atomic E-state index is 6.00. The van der Waals surface area contributed by atoms with Crippen LogP contribution in [0.5, 0.6) is 0 Å². The summed E-state index contributed by atoms with van der Waals surface area (Å²) in [5.74, 6) is 0. The van der Waals surface area contributed by atoms with Gasteiger partial charge in [0.25, 0.3) is 0 Å². The fourth-order valence-corrected chi connectivity index (χ4v) is 2.38. The Morgan fingerprint density at radius 3 is 1.92 bits per heavy atom. The third kappa shape index (κ3) is 8.73. The Morgan fingerprint density at radius 1 is 0.667 bits per heavy atom. The Labute approximate surface area is 144 Å². The second-order valence-corrected chi connectivity index (χ2v) is 5.57. The Hall–Kier alpha value is -1.02. The minimum atomic E-state index is -0.0357. The molecule has 1 atom stereocenters. The molecule has 24 heavy (non-hydrogen) atoms. The lowest BCUT2D eigenvalue weighted by Gasteiger charge is -2.19. The van der Waals surface area contributed by atoms with Gasteiger partial charge in [0.2, 0.25) is 0 Å². The van der Waals surface area contributed by atoms with E-state index in [9.17, 15) is 0 Å². The van der Waals surface area contributed by atoms with E-state index in [1.807, 2.05) is 18.2 Å². The SMILES string of the molecule is c1ccc(C2COCCNCCOCCOCCNCCO2)cc1. The van der Waals surface area contributed by atoms with E-state index in [0.29, 0.717) is 46.2 Å². The normalized spacial score (nSPS) is 23.9. The summed E-state index contributed by atoms with van der Waals surface area (Å²) in [5, 5.41) is 6.62. The van der Waals surface area contributed by atoms with Crippen LogP contribution in [-0.2, 0) is 18.9 Å². The minimum Gasteiger partial charge on any atom is -0.378 e. The highest BCUT2D eigenvalue weighted by atomic mass is 16.5. The van der Waals surface area contributed by atoms with Gasteiger partial charge in [-0.2, -0.15) is 0 Å². The van der Waals surface area contributed by atoms with Crippen LogP contribution in [0.2, 0.25) is 0 Å². The van der Waals surface area contributed by atoms with Crippen molar-refractivity contribution >= 4 is 0 Å². The molecule has 0 amide bonds. The highest BCUT2D eigenvalue weighted by Crippen LogP contribution is 2.17. The summed E-state index contributed by atoms with van der Waals surface area (Å²) in [5.41, 5.74) is 1.15. The van der Waals surface area contributed by atoms with E-state index in [0.717, 1.165) is 31.7 Å². The molecule has 1 aromatic carbocycles. The van der Waals surface area contributed by atoms with Crippen LogP contribution in [-0.4, -0.2) is 72.4 Å². The van der Waals surface area contributed by atoms with Crippen LogP contribution in [0.1, 0.15) is 11.7 Å². The predicted molar refractivity (Wildman–Crippen MR) is 93.3 cm³/mol. The molecule has 1 saturated heterocycles. The van der Waals surface area contributed by atoms with Crippen molar-refractivity contribution in [3.63, 3.8) is 0 Å². The highest BCUT2D eigenvalue weighted by molar-refractivity contribution is 5.17. The molecule has 6 heteroatoms. The lowest BCUT2D eigenvalue weighted by atomic mass is 10.1. The van der Waals surface area contributed by atoms with Gasteiger partial charge in [-0.25, -0.2) is 0 Å². The first-order valence-corrected chi connectivity index (χ1v) is 8.78. The van der Waals surface area contributed by atoms with Crippen LogP contribution in [0.15, 0.2) is 30.3 Å². The van der Waals surface area contributed by atoms with Crippen molar-refractivity contribution in [2.24, 2.45) is 0 Å². The molecule has 0 aromatic heterocycles. The molecule has 6 nitrogen and oxygen atoms in total. The summed E-state index contributed by atoms with van der Waals surface area (Å²) in [6.45, 7) is 7.76. The summed E-state index contributed by atoms with van der Waals surface area (Å²) < 4.78 is 22.8. The van der Waals surface area contributed by atoms with Gasteiger partial charge < -0.3 is 29.6 Å². The zero-order chi connectivity index (χ0) is 16.7. The molecule has 1 aliphatic rings. The number of hydrogen-bond acceptors (Lipinski definition) is 6. The van der Waals surface area contributed by atoms with Crippen molar-refractivity contribution in [2.75, 3.05) is 72.4 Å². The molecule has 1 aromatic rings. The van der Waals surface area contributed by atoms with Crippen LogP contribution in [0, 0.1) is 0 Å². The first-order chi connectivity index (χ1) is 12.0.